The van der Waals surface area contributed by atoms with Crippen molar-refractivity contribution in [3.8, 4) is 11.5 Å². The molecule has 0 spiro atoms. The van der Waals surface area contributed by atoms with Crippen molar-refractivity contribution in [1.82, 2.24) is 15.4 Å². The van der Waals surface area contributed by atoms with Gasteiger partial charge in [-0.2, -0.15) is 0 Å². The largest absolute Gasteiger partial charge is 0.411 e. The molecule has 0 atom stereocenters. The Morgan fingerprint density at radius 3 is 2.57 bits per heavy atom. The highest BCUT2D eigenvalue weighted by Crippen LogP contribution is 2.28. The van der Waals surface area contributed by atoms with Crippen LogP contribution < -0.4 is 0 Å². The number of nitrogens with zero attached hydrogens (tertiary/aromatic N) is 3. The molecule has 0 saturated heterocycles. The van der Waals surface area contributed by atoms with Gasteiger partial charge in [-0.1, -0.05) is 28.5 Å². The monoisotopic (exact) mass is 321 g/mol. The van der Waals surface area contributed by atoms with Crippen LogP contribution in [0.15, 0.2) is 38.4 Å². The lowest BCUT2D eigenvalue weighted by atomic mass is 10.2. The third-order valence-corrected chi connectivity index (χ3v) is 4.12. The Hall–Kier alpha value is -1.79. The second kappa shape index (κ2) is 5.91. The van der Waals surface area contributed by atoms with E-state index in [9.17, 15) is 0 Å². The van der Waals surface area contributed by atoms with E-state index in [0.717, 1.165) is 22.6 Å². The summed E-state index contributed by atoms with van der Waals surface area (Å²) in [6, 6.07) is 7.27. The number of thioether (sulfide) groups is 1. The van der Waals surface area contributed by atoms with Gasteiger partial charge in [-0.25, -0.2) is 0 Å². The second-order valence-electron chi connectivity index (χ2n) is 4.47. The zero-order valence-electron chi connectivity index (χ0n) is 11.5. The number of rotatable bonds is 4. The molecule has 0 aliphatic rings. The molecule has 7 heteroatoms. The van der Waals surface area contributed by atoms with Gasteiger partial charge in [-0.3, -0.25) is 0 Å². The number of hydrogen-bond donors (Lipinski definition) is 0. The fourth-order valence-electron chi connectivity index (χ4n) is 1.82. The van der Waals surface area contributed by atoms with Crippen molar-refractivity contribution in [1.29, 1.82) is 0 Å². The molecule has 5 nitrogen and oxygen atoms in total. The third-order valence-electron chi connectivity index (χ3n) is 3.02. The Morgan fingerprint density at radius 2 is 1.90 bits per heavy atom. The molecule has 3 aromatic rings. The van der Waals surface area contributed by atoms with Gasteiger partial charge < -0.3 is 8.94 Å². The first-order valence-electron chi connectivity index (χ1n) is 6.27. The van der Waals surface area contributed by atoms with E-state index in [1.807, 2.05) is 26.0 Å². The minimum Gasteiger partial charge on any atom is -0.411 e. The first kappa shape index (κ1) is 14.2. The SMILES string of the molecule is Cc1noc(C)c1CSc1nnc(-c2ccc(Cl)cc2)o1. The quantitative estimate of drug-likeness (QED) is 0.668. The molecule has 0 saturated carbocycles. The average Bonchev–Trinajstić information content (AvgIpc) is 3.06. The van der Waals surface area contributed by atoms with Gasteiger partial charge in [-0.15, -0.1) is 10.2 Å². The molecule has 1 aromatic carbocycles. The van der Waals surface area contributed by atoms with Gasteiger partial charge in [0.2, 0.25) is 5.89 Å². The van der Waals surface area contributed by atoms with Gasteiger partial charge >= 0.3 is 0 Å². The van der Waals surface area contributed by atoms with Gasteiger partial charge in [0.15, 0.2) is 0 Å². The summed E-state index contributed by atoms with van der Waals surface area (Å²) in [5.74, 6) is 1.98. The fourth-order valence-corrected chi connectivity index (χ4v) is 2.86. The van der Waals surface area contributed by atoms with Gasteiger partial charge in [-0.05, 0) is 38.1 Å². The van der Waals surface area contributed by atoms with Crippen molar-refractivity contribution in [2.24, 2.45) is 0 Å². The smallest absolute Gasteiger partial charge is 0.277 e. The minimum atomic E-state index is 0.480. The van der Waals surface area contributed by atoms with Crippen LogP contribution in [0.1, 0.15) is 17.0 Å². The predicted octanol–water partition coefficient (Wildman–Crippen LogP) is 4.29. The van der Waals surface area contributed by atoms with Gasteiger partial charge in [0, 0.05) is 21.9 Å². The van der Waals surface area contributed by atoms with Crippen LogP contribution in [0.5, 0.6) is 0 Å². The zero-order chi connectivity index (χ0) is 14.8. The minimum absolute atomic E-state index is 0.480. The van der Waals surface area contributed by atoms with Crippen LogP contribution in [0.2, 0.25) is 5.02 Å². The van der Waals surface area contributed by atoms with E-state index >= 15 is 0 Å². The van der Waals surface area contributed by atoms with Crippen molar-refractivity contribution in [3.63, 3.8) is 0 Å². The fraction of sp³-hybridized carbons (Fsp3) is 0.214. The molecule has 2 aromatic heterocycles. The molecule has 21 heavy (non-hydrogen) atoms. The summed E-state index contributed by atoms with van der Waals surface area (Å²) in [5.41, 5.74) is 2.79. The Morgan fingerprint density at radius 1 is 1.14 bits per heavy atom. The maximum atomic E-state index is 5.86. The number of aromatic nitrogens is 3. The lowest BCUT2D eigenvalue weighted by Crippen LogP contribution is -1.84. The van der Waals surface area contributed by atoms with E-state index in [1.54, 1.807) is 12.1 Å². The molecule has 3 rings (SSSR count). The maximum absolute atomic E-state index is 5.86. The molecular formula is C14H12ClN3O2S. The van der Waals surface area contributed by atoms with E-state index in [2.05, 4.69) is 15.4 Å². The molecule has 108 valence electrons. The van der Waals surface area contributed by atoms with E-state index < -0.39 is 0 Å². The topological polar surface area (TPSA) is 65.0 Å². The molecule has 0 N–H and O–H groups in total. The van der Waals surface area contributed by atoms with Crippen molar-refractivity contribution in [2.75, 3.05) is 0 Å². The first-order valence-corrected chi connectivity index (χ1v) is 7.64. The molecular weight excluding hydrogens is 310 g/mol. The van der Waals surface area contributed by atoms with E-state index in [-0.39, 0.29) is 0 Å². The highest BCUT2D eigenvalue weighted by atomic mass is 35.5. The highest BCUT2D eigenvalue weighted by molar-refractivity contribution is 7.98. The van der Waals surface area contributed by atoms with Crippen LogP contribution in [0.4, 0.5) is 0 Å². The van der Waals surface area contributed by atoms with Crippen molar-refractivity contribution >= 4 is 23.4 Å². The summed E-state index contributed by atoms with van der Waals surface area (Å²) in [7, 11) is 0. The van der Waals surface area contributed by atoms with Gasteiger partial charge in [0.05, 0.1) is 5.69 Å². The van der Waals surface area contributed by atoms with Crippen LogP contribution in [0.3, 0.4) is 0 Å². The lowest BCUT2D eigenvalue weighted by Gasteiger charge is -1.96. The Kier molecular flexibility index (Phi) is 3.98. The average molecular weight is 322 g/mol. The Bertz CT molecular complexity index is 732. The van der Waals surface area contributed by atoms with Crippen LogP contribution in [0.25, 0.3) is 11.5 Å². The summed E-state index contributed by atoms with van der Waals surface area (Å²) in [5, 5.41) is 13.2. The van der Waals surface area contributed by atoms with Crippen LogP contribution in [-0.2, 0) is 5.75 Å². The Balaban J connectivity index is 1.72. The van der Waals surface area contributed by atoms with E-state index in [4.69, 9.17) is 20.5 Å². The van der Waals surface area contributed by atoms with E-state index in [1.165, 1.54) is 11.8 Å². The molecule has 0 aliphatic carbocycles. The number of halogens is 1. The van der Waals surface area contributed by atoms with Crippen LogP contribution in [0, 0.1) is 13.8 Å². The molecule has 0 amide bonds. The Labute approximate surface area is 130 Å². The van der Waals surface area contributed by atoms with Crippen molar-refractivity contribution < 1.29 is 8.94 Å². The van der Waals surface area contributed by atoms with Crippen LogP contribution in [-0.4, -0.2) is 15.4 Å². The molecule has 0 unspecified atom stereocenters. The molecule has 0 bridgehead atoms. The summed E-state index contributed by atoms with van der Waals surface area (Å²) < 4.78 is 10.8. The number of hydrogen-bond acceptors (Lipinski definition) is 6. The number of aryl methyl sites for hydroxylation is 2. The molecule has 0 aliphatic heterocycles. The number of benzene rings is 1. The van der Waals surface area contributed by atoms with E-state index in [0.29, 0.717) is 21.9 Å². The standard InChI is InChI=1S/C14H12ClN3O2S/c1-8-12(9(2)20-18-8)7-21-14-17-16-13(19-14)10-3-5-11(15)6-4-10/h3-6H,7H2,1-2H3. The molecule has 0 radical (unpaired) electrons. The van der Waals surface area contributed by atoms with Crippen molar-refractivity contribution in [2.45, 2.75) is 24.8 Å². The summed E-state index contributed by atoms with van der Waals surface area (Å²) in [6.07, 6.45) is 0. The van der Waals surface area contributed by atoms with Crippen LogP contribution >= 0.6 is 23.4 Å². The third kappa shape index (κ3) is 3.11. The highest BCUT2D eigenvalue weighted by Gasteiger charge is 2.13. The lowest BCUT2D eigenvalue weighted by molar-refractivity contribution is 0.392. The summed E-state index contributed by atoms with van der Waals surface area (Å²) in [4.78, 5) is 0. The molecule has 0 fully saturated rings. The zero-order valence-corrected chi connectivity index (χ0v) is 13.0. The normalized spacial score (nSPS) is 11.0. The predicted molar refractivity (Wildman–Crippen MR) is 80.3 cm³/mol. The van der Waals surface area contributed by atoms with Gasteiger partial charge in [0.25, 0.3) is 5.22 Å². The first-order chi connectivity index (χ1) is 10.1. The second-order valence-corrected chi connectivity index (χ2v) is 5.83. The molecule has 2 heterocycles. The van der Waals surface area contributed by atoms with Gasteiger partial charge in [0.1, 0.15) is 5.76 Å². The summed E-state index contributed by atoms with van der Waals surface area (Å²) >= 11 is 7.31. The maximum Gasteiger partial charge on any atom is 0.277 e. The summed E-state index contributed by atoms with van der Waals surface area (Å²) in [6.45, 7) is 3.81. The van der Waals surface area contributed by atoms with Crippen molar-refractivity contribution in [3.05, 3.63) is 46.3 Å².